The van der Waals surface area contributed by atoms with Crippen molar-refractivity contribution < 1.29 is 0 Å². The number of nitrogens with one attached hydrogen (secondary N) is 1. The number of aryl methyl sites for hydroxylation is 2. The number of hydrogen-bond donors (Lipinski definition) is 1. The van der Waals surface area contributed by atoms with Crippen LogP contribution in [-0.4, -0.2) is 22.1 Å². The van der Waals surface area contributed by atoms with Crippen molar-refractivity contribution in [3.63, 3.8) is 0 Å². The number of rotatable bonds is 7. The zero-order valence-electron chi connectivity index (χ0n) is 12.8. The molecule has 112 valence electrons. The Morgan fingerprint density at radius 2 is 2.10 bits per heavy atom. The van der Waals surface area contributed by atoms with Crippen molar-refractivity contribution >= 4 is 0 Å². The highest BCUT2D eigenvalue weighted by atomic mass is 15.0. The van der Waals surface area contributed by atoms with Crippen LogP contribution in [0.4, 0.5) is 0 Å². The van der Waals surface area contributed by atoms with E-state index in [-0.39, 0.29) is 0 Å². The number of unbranched alkanes of at least 4 members (excludes halogenated alkanes) is 1. The van der Waals surface area contributed by atoms with Gasteiger partial charge in [-0.05, 0) is 56.2 Å². The van der Waals surface area contributed by atoms with Crippen LogP contribution >= 0.6 is 0 Å². The Labute approximate surface area is 127 Å². The van der Waals surface area contributed by atoms with Gasteiger partial charge in [0.1, 0.15) is 0 Å². The first-order chi connectivity index (χ1) is 10.3. The molecule has 1 N–H and O–H groups in total. The molecular formula is C18H25N3. The number of nitrogens with zero attached hydrogens (tertiary/aromatic N) is 2. The van der Waals surface area contributed by atoms with Gasteiger partial charge in [-0.15, -0.1) is 0 Å². The van der Waals surface area contributed by atoms with Crippen LogP contribution in [0, 0.1) is 6.92 Å². The molecule has 2 aromatic rings. The Morgan fingerprint density at radius 1 is 1.24 bits per heavy atom. The van der Waals surface area contributed by atoms with E-state index in [0.717, 1.165) is 25.0 Å². The number of benzene rings is 1. The summed E-state index contributed by atoms with van der Waals surface area (Å²) in [5.74, 6) is 0.773. The molecule has 0 amide bonds. The quantitative estimate of drug-likeness (QED) is 0.788. The summed E-state index contributed by atoms with van der Waals surface area (Å²) in [4.78, 5) is 4.06. The maximum Gasteiger partial charge on any atom is 0.0945 e. The van der Waals surface area contributed by atoms with Gasteiger partial charge in [-0.3, -0.25) is 0 Å². The first kappa shape index (κ1) is 14.3. The maximum absolute atomic E-state index is 4.06. The fourth-order valence-corrected chi connectivity index (χ4v) is 3.23. The predicted molar refractivity (Wildman–Crippen MR) is 86.4 cm³/mol. The standard InChI is InChI=1S/C18H25N3/c1-15-6-2-3-7-18(15)16-12-17(13-16)20-8-4-5-10-21-11-9-19-14-21/h2-3,6-7,9,11,14,16-17,20H,4-5,8,10,12-13H2,1H3. The van der Waals surface area contributed by atoms with Crippen LogP contribution in [-0.2, 0) is 6.54 Å². The van der Waals surface area contributed by atoms with Gasteiger partial charge in [-0.1, -0.05) is 24.3 Å². The maximum atomic E-state index is 4.06. The zero-order valence-corrected chi connectivity index (χ0v) is 12.8. The zero-order chi connectivity index (χ0) is 14.5. The van der Waals surface area contributed by atoms with Crippen LogP contribution in [0.1, 0.15) is 42.7 Å². The van der Waals surface area contributed by atoms with Gasteiger partial charge < -0.3 is 9.88 Å². The van der Waals surface area contributed by atoms with E-state index in [1.54, 1.807) is 5.56 Å². The molecular weight excluding hydrogens is 258 g/mol. The molecule has 1 aromatic heterocycles. The minimum absolute atomic E-state index is 0.725. The first-order valence-corrected chi connectivity index (χ1v) is 8.07. The average Bonchev–Trinajstić information content (AvgIpc) is 2.95. The van der Waals surface area contributed by atoms with Crippen molar-refractivity contribution in [2.45, 2.75) is 51.1 Å². The lowest BCUT2D eigenvalue weighted by molar-refractivity contribution is 0.288. The topological polar surface area (TPSA) is 29.9 Å². The van der Waals surface area contributed by atoms with Crippen LogP contribution in [0.15, 0.2) is 43.0 Å². The Bertz CT molecular complexity index is 541. The molecule has 0 aliphatic heterocycles. The van der Waals surface area contributed by atoms with Gasteiger partial charge >= 0.3 is 0 Å². The Balaban J connectivity index is 1.30. The minimum atomic E-state index is 0.725. The highest BCUT2D eigenvalue weighted by molar-refractivity contribution is 5.31. The van der Waals surface area contributed by atoms with Gasteiger partial charge in [0, 0.05) is 25.0 Å². The van der Waals surface area contributed by atoms with E-state index in [1.807, 2.05) is 18.7 Å². The lowest BCUT2D eigenvalue weighted by atomic mass is 9.74. The second kappa shape index (κ2) is 6.90. The van der Waals surface area contributed by atoms with E-state index in [9.17, 15) is 0 Å². The molecule has 1 heterocycles. The molecule has 0 bridgehead atoms. The van der Waals surface area contributed by atoms with Gasteiger partial charge in [0.15, 0.2) is 0 Å². The monoisotopic (exact) mass is 283 g/mol. The molecule has 3 heteroatoms. The van der Waals surface area contributed by atoms with Crippen molar-refractivity contribution in [1.29, 1.82) is 0 Å². The van der Waals surface area contributed by atoms with E-state index in [4.69, 9.17) is 0 Å². The third kappa shape index (κ3) is 3.73. The normalized spacial score (nSPS) is 21.2. The molecule has 0 saturated heterocycles. The van der Waals surface area contributed by atoms with E-state index in [1.165, 1.54) is 31.2 Å². The van der Waals surface area contributed by atoms with Crippen LogP contribution in [0.25, 0.3) is 0 Å². The smallest absolute Gasteiger partial charge is 0.0945 e. The molecule has 1 aromatic carbocycles. The highest BCUT2D eigenvalue weighted by Crippen LogP contribution is 2.38. The molecule has 0 unspecified atom stereocenters. The van der Waals surface area contributed by atoms with Crippen LogP contribution in [0.5, 0.6) is 0 Å². The van der Waals surface area contributed by atoms with Gasteiger partial charge in [0.2, 0.25) is 0 Å². The lowest BCUT2D eigenvalue weighted by Crippen LogP contribution is -2.40. The van der Waals surface area contributed by atoms with E-state index >= 15 is 0 Å². The van der Waals surface area contributed by atoms with Crippen LogP contribution in [0.3, 0.4) is 0 Å². The minimum Gasteiger partial charge on any atom is -0.337 e. The first-order valence-electron chi connectivity index (χ1n) is 8.07. The molecule has 1 aliphatic rings. The van der Waals surface area contributed by atoms with Crippen molar-refractivity contribution in [2.75, 3.05) is 6.54 Å². The number of imidazole rings is 1. The number of aromatic nitrogens is 2. The van der Waals surface area contributed by atoms with Gasteiger partial charge in [-0.25, -0.2) is 4.98 Å². The lowest BCUT2D eigenvalue weighted by Gasteiger charge is -2.37. The fourth-order valence-electron chi connectivity index (χ4n) is 3.23. The molecule has 1 saturated carbocycles. The van der Waals surface area contributed by atoms with Crippen LogP contribution < -0.4 is 5.32 Å². The molecule has 0 atom stereocenters. The second-order valence-corrected chi connectivity index (χ2v) is 6.18. The summed E-state index contributed by atoms with van der Waals surface area (Å²) < 4.78 is 2.15. The summed E-state index contributed by atoms with van der Waals surface area (Å²) in [6.45, 7) is 4.45. The summed E-state index contributed by atoms with van der Waals surface area (Å²) in [5, 5.41) is 3.69. The van der Waals surface area contributed by atoms with Crippen molar-refractivity contribution in [3.8, 4) is 0 Å². The second-order valence-electron chi connectivity index (χ2n) is 6.18. The molecule has 3 rings (SSSR count). The third-order valence-corrected chi connectivity index (χ3v) is 4.60. The Morgan fingerprint density at radius 3 is 2.86 bits per heavy atom. The summed E-state index contributed by atoms with van der Waals surface area (Å²) in [5.41, 5.74) is 3.00. The fraction of sp³-hybridized carbons (Fsp3) is 0.500. The molecule has 21 heavy (non-hydrogen) atoms. The largest absolute Gasteiger partial charge is 0.337 e. The summed E-state index contributed by atoms with van der Waals surface area (Å²) in [6, 6.07) is 9.54. The predicted octanol–water partition coefficient (Wildman–Crippen LogP) is 3.51. The van der Waals surface area contributed by atoms with Gasteiger partial charge in [-0.2, -0.15) is 0 Å². The molecule has 0 radical (unpaired) electrons. The SMILES string of the molecule is Cc1ccccc1C1CC(NCCCCn2ccnc2)C1. The third-order valence-electron chi connectivity index (χ3n) is 4.60. The Hall–Kier alpha value is -1.61. The summed E-state index contributed by atoms with van der Waals surface area (Å²) >= 11 is 0. The van der Waals surface area contributed by atoms with Crippen molar-refractivity contribution in [2.24, 2.45) is 0 Å². The average molecular weight is 283 g/mol. The van der Waals surface area contributed by atoms with E-state index < -0.39 is 0 Å². The molecule has 3 nitrogen and oxygen atoms in total. The summed E-state index contributed by atoms with van der Waals surface area (Å²) in [6.07, 6.45) is 10.8. The van der Waals surface area contributed by atoms with Crippen molar-refractivity contribution in [1.82, 2.24) is 14.9 Å². The highest BCUT2D eigenvalue weighted by Gasteiger charge is 2.30. The molecule has 0 spiro atoms. The summed E-state index contributed by atoms with van der Waals surface area (Å²) in [7, 11) is 0. The number of hydrogen-bond acceptors (Lipinski definition) is 2. The molecule has 1 aliphatic carbocycles. The van der Waals surface area contributed by atoms with Crippen LogP contribution in [0.2, 0.25) is 0 Å². The van der Waals surface area contributed by atoms with Crippen molar-refractivity contribution in [3.05, 3.63) is 54.1 Å². The van der Waals surface area contributed by atoms with Gasteiger partial charge in [0.25, 0.3) is 0 Å². The Kier molecular flexibility index (Phi) is 4.71. The van der Waals surface area contributed by atoms with Gasteiger partial charge in [0.05, 0.1) is 6.33 Å². The van der Waals surface area contributed by atoms with E-state index in [2.05, 4.69) is 46.1 Å². The molecule has 1 fully saturated rings. The van der Waals surface area contributed by atoms with E-state index in [0.29, 0.717) is 0 Å².